The zero-order valence-corrected chi connectivity index (χ0v) is 9.17. The molecule has 0 radical (unpaired) electrons. The van der Waals surface area contributed by atoms with Crippen LogP contribution in [0.2, 0.25) is 0 Å². The average Bonchev–Trinajstić information content (AvgIpc) is 3.02. The van der Waals surface area contributed by atoms with Gasteiger partial charge in [-0.2, -0.15) is 0 Å². The van der Waals surface area contributed by atoms with Gasteiger partial charge in [0.05, 0.1) is 6.26 Å². The van der Waals surface area contributed by atoms with Crippen LogP contribution < -0.4 is 0 Å². The number of aliphatic hydroxyl groups excluding tert-OH is 1. The number of rotatable bonds is 0. The predicted octanol–water partition coefficient (Wildman–Crippen LogP) is 3.13. The van der Waals surface area contributed by atoms with Crippen molar-refractivity contribution >= 4 is 0 Å². The van der Waals surface area contributed by atoms with Crippen molar-refractivity contribution < 1.29 is 5.11 Å². The van der Waals surface area contributed by atoms with Crippen LogP contribution in [0.4, 0.5) is 0 Å². The summed E-state index contributed by atoms with van der Waals surface area (Å²) in [5, 5.41) is 9.33. The molecule has 0 bridgehead atoms. The summed E-state index contributed by atoms with van der Waals surface area (Å²) in [6.45, 7) is 7.32. The standard InChI is InChI=1S/C13H18O/c1-7-9(5-14)8-4-10(8)12(3)11(2)6-13(7,11)12/h5,7-8,10,14H,4,6H2,1-3H3/b9-5-. The molecule has 0 aromatic carbocycles. The highest BCUT2D eigenvalue weighted by Crippen LogP contribution is 3.05. The Kier molecular flexibility index (Phi) is 0.877. The molecule has 0 saturated heterocycles. The minimum absolute atomic E-state index is 0.603. The third-order valence-corrected chi connectivity index (χ3v) is 6.85. The first-order valence-corrected chi connectivity index (χ1v) is 5.89. The molecular formula is C13H18O. The molecule has 0 aromatic rings. The highest BCUT2D eigenvalue weighted by molar-refractivity contribution is 5.52. The molecule has 4 fully saturated rings. The van der Waals surface area contributed by atoms with E-state index in [9.17, 15) is 5.11 Å². The van der Waals surface area contributed by atoms with Gasteiger partial charge in [0, 0.05) is 0 Å². The maximum absolute atomic E-state index is 9.33. The molecule has 1 N–H and O–H groups in total. The van der Waals surface area contributed by atoms with Crippen LogP contribution in [0.25, 0.3) is 0 Å². The van der Waals surface area contributed by atoms with Crippen LogP contribution in [-0.2, 0) is 0 Å². The minimum atomic E-state index is 0.603. The Morgan fingerprint density at radius 2 is 2.14 bits per heavy atom. The topological polar surface area (TPSA) is 20.2 Å². The van der Waals surface area contributed by atoms with Crippen molar-refractivity contribution in [2.75, 3.05) is 0 Å². The van der Waals surface area contributed by atoms with Crippen molar-refractivity contribution in [3.05, 3.63) is 11.8 Å². The molecule has 4 aliphatic rings. The molecule has 4 rings (SSSR count). The predicted molar refractivity (Wildman–Crippen MR) is 54.7 cm³/mol. The van der Waals surface area contributed by atoms with Gasteiger partial charge in [-0.05, 0) is 52.4 Å². The summed E-state index contributed by atoms with van der Waals surface area (Å²) in [7, 11) is 0. The quantitative estimate of drug-likeness (QED) is 0.582. The van der Waals surface area contributed by atoms with Crippen molar-refractivity contribution in [1.82, 2.24) is 0 Å². The molecule has 4 saturated carbocycles. The third kappa shape index (κ3) is 0.401. The summed E-state index contributed by atoms with van der Waals surface area (Å²) >= 11 is 0. The normalized spacial score (nSPS) is 74.8. The highest BCUT2D eigenvalue weighted by Gasteiger charge is 3.00. The van der Waals surface area contributed by atoms with E-state index in [0.29, 0.717) is 22.2 Å². The number of hydrogen-bond acceptors (Lipinski definition) is 1. The van der Waals surface area contributed by atoms with Gasteiger partial charge in [0.15, 0.2) is 0 Å². The number of allylic oxidation sites excluding steroid dienone is 1. The van der Waals surface area contributed by atoms with E-state index in [0.717, 1.165) is 11.8 Å². The molecular weight excluding hydrogens is 172 g/mol. The summed E-state index contributed by atoms with van der Waals surface area (Å²) in [5.74, 6) is 2.30. The van der Waals surface area contributed by atoms with Crippen LogP contribution in [0.3, 0.4) is 0 Å². The Morgan fingerprint density at radius 3 is 2.71 bits per heavy atom. The molecule has 4 aliphatic carbocycles. The van der Waals surface area contributed by atoms with E-state index in [1.165, 1.54) is 24.7 Å². The summed E-state index contributed by atoms with van der Waals surface area (Å²) in [4.78, 5) is 0. The maximum Gasteiger partial charge on any atom is 0.0789 e. The molecule has 6 unspecified atom stereocenters. The Balaban J connectivity index is 1.87. The Labute approximate surface area is 85.2 Å². The van der Waals surface area contributed by atoms with Crippen molar-refractivity contribution in [3.63, 3.8) is 0 Å². The van der Waals surface area contributed by atoms with Gasteiger partial charge in [-0.15, -0.1) is 0 Å². The summed E-state index contributed by atoms with van der Waals surface area (Å²) < 4.78 is 0. The lowest BCUT2D eigenvalue weighted by Crippen LogP contribution is -2.29. The fraction of sp³-hybridized carbons (Fsp3) is 0.846. The van der Waals surface area contributed by atoms with Crippen molar-refractivity contribution in [1.29, 1.82) is 0 Å². The fourth-order valence-corrected chi connectivity index (χ4v) is 5.76. The second-order valence-corrected chi connectivity index (χ2v) is 6.48. The summed E-state index contributed by atoms with van der Waals surface area (Å²) in [6, 6.07) is 0. The van der Waals surface area contributed by atoms with Gasteiger partial charge in [-0.1, -0.05) is 20.8 Å². The molecule has 76 valence electrons. The van der Waals surface area contributed by atoms with Gasteiger partial charge >= 0.3 is 0 Å². The molecule has 0 amide bonds. The van der Waals surface area contributed by atoms with Gasteiger partial charge in [0.2, 0.25) is 0 Å². The van der Waals surface area contributed by atoms with E-state index in [2.05, 4.69) is 20.8 Å². The molecule has 6 atom stereocenters. The first-order chi connectivity index (χ1) is 6.54. The number of fused-ring (bicyclic) bond motifs is 3. The average molecular weight is 190 g/mol. The number of hydrogen-bond donors (Lipinski definition) is 1. The van der Waals surface area contributed by atoms with Crippen molar-refractivity contribution in [3.8, 4) is 0 Å². The van der Waals surface area contributed by atoms with Gasteiger partial charge in [-0.25, -0.2) is 0 Å². The molecule has 1 spiro atoms. The second kappa shape index (κ2) is 1.58. The smallest absolute Gasteiger partial charge is 0.0789 e. The van der Waals surface area contributed by atoms with Gasteiger partial charge in [-0.3, -0.25) is 0 Å². The van der Waals surface area contributed by atoms with Gasteiger partial charge < -0.3 is 5.11 Å². The van der Waals surface area contributed by atoms with Gasteiger partial charge in [0.25, 0.3) is 0 Å². The van der Waals surface area contributed by atoms with E-state index in [1.54, 1.807) is 0 Å². The first kappa shape index (κ1) is 7.78. The molecule has 1 nitrogen and oxygen atoms in total. The van der Waals surface area contributed by atoms with E-state index in [4.69, 9.17) is 0 Å². The largest absolute Gasteiger partial charge is 0.516 e. The van der Waals surface area contributed by atoms with Crippen LogP contribution in [0.5, 0.6) is 0 Å². The second-order valence-electron chi connectivity index (χ2n) is 6.48. The van der Waals surface area contributed by atoms with E-state index < -0.39 is 0 Å². The summed E-state index contributed by atoms with van der Waals surface area (Å²) in [5.41, 5.74) is 3.26. The van der Waals surface area contributed by atoms with Gasteiger partial charge in [0.1, 0.15) is 0 Å². The lowest BCUT2D eigenvalue weighted by atomic mass is 9.69. The van der Waals surface area contributed by atoms with E-state index in [1.807, 2.05) is 0 Å². The number of aliphatic hydroxyl groups is 1. The van der Waals surface area contributed by atoms with Crippen LogP contribution in [0, 0.1) is 34.0 Å². The lowest BCUT2D eigenvalue weighted by molar-refractivity contribution is 0.183. The maximum atomic E-state index is 9.33. The minimum Gasteiger partial charge on any atom is -0.516 e. The van der Waals surface area contributed by atoms with E-state index >= 15 is 0 Å². The molecule has 14 heavy (non-hydrogen) atoms. The Morgan fingerprint density at radius 1 is 1.43 bits per heavy atom. The zero-order valence-electron chi connectivity index (χ0n) is 9.17. The molecule has 0 aliphatic heterocycles. The first-order valence-electron chi connectivity index (χ1n) is 5.89. The third-order valence-electron chi connectivity index (χ3n) is 6.85. The van der Waals surface area contributed by atoms with E-state index in [-0.39, 0.29) is 0 Å². The fourth-order valence-electron chi connectivity index (χ4n) is 5.76. The molecule has 1 heteroatoms. The SMILES string of the molecule is CC1/C(=C/O)C2CC2C2(C)C3(C)CC132. The Bertz CT molecular complexity index is 385. The van der Waals surface area contributed by atoms with Crippen molar-refractivity contribution in [2.45, 2.75) is 33.6 Å². The van der Waals surface area contributed by atoms with Crippen molar-refractivity contribution in [2.24, 2.45) is 34.0 Å². The monoisotopic (exact) mass is 190 g/mol. The molecule has 0 aromatic heterocycles. The van der Waals surface area contributed by atoms with Crippen LogP contribution >= 0.6 is 0 Å². The summed E-state index contributed by atoms with van der Waals surface area (Å²) in [6.07, 6.45) is 4.20. The highest BCUT2D eigenvalue weighted by atomic mass is 16.2. The zero-order chi connectivity index (χ0) is 9.93. The van der Waals surface area contributed by atoms with Crippen LogP contribution in [-0.4, -0.2) is 5.11 Å². The molecule has 0 heterocycles. The van der Waals surface area contributed by atoms with Crippen LogP contribution in [0.15, 0.2) is 11.8 Å². The Hall–Kier alpha value is -0.460. The lowest BCUT2D eigenvalue weighted by Gasteiger charge is -2.34. The van der Waals surface area contributed by atoms with Crippen LogP contribution in [0.1, 0.15) is 33.6 Å².